The Morgan fingerprint density at radius 1 is 1.32 bits per heavy atom. The van der Waals surface area contributed by atoms with E-state index in [0.717, 1.165) is 16.4 Å². The van der Waals surface area contributed by atoms with Crippen LogP contribution in [0.15, 0.2) is 29.4 Å². The number of nitrogens with one attached hydrogen (secondary N) is 1. The molecule has 4 rings (SSSR count). The van der Waals surface area contributed by atoms with Crippen molar-refractivity contribution in [2.75, 3.05) is 5.75 Å². The van der Waals surface area contributed by atoms with E-state index in [1.54, 1.807) is 4.52 Å². The van der Waals surface area contributed by atoms with Crippen LogP contribution in [-0.4, -0.2) is 46.6 Å². The van der Waals surface area contributed by atoms with Gasteiger partial charge in [-0.15, -0.1) is 10.2 Å². The maximum Gasteiger partial charge on any atom is 0.304 e. The van der Waals surface area contributed by atoms with Crippen LogP contribution in [0.25, 0.3) is 27.8 Å². The Hall–Kier alpha value is -2.68. The Morgan fingerprint density at radius 2 is 2.18 bits per heavy atom. The Kier molecular flexibility index (Phi) is 2.93. The van der Waals surface area contributed by atoms with Gasteiger partial charge in [0, 0.05) is 16.7 Å². The van der Waals surface area contributed by atoms with E-state index in [1.807, 2.05) is 24.3 Å². The molecule has 1 aromatic carbocycles. The molecule has 3 aromatic heterocycles. The number of aromatic nitrogens is 6. The van der Waals surface area contributed by atoms with E-state index in [1.165, 1.54) is 11.8 Å². The zero-order valence-corrected chi connectivity index (χ0v) is 12.0. The van der Waals surface area contributed by atoms with Gasteiger partial charge in [-0.3, -0.25) is 4.79 Å². The van der Waals surface area contributed by atoms with Crippen molar-refractivity contribution in [1.29, 1.82) is 0 Å². The highest BCUT2D eigenvalue weighted by Crippen LogP contribution is 2.23. The standard InChI is InChI=1S/C13H10N6O2S/c20-9(21)5-6-22-13-17-16-12-15-11-10(18-19(12)13)7-3-1-2-4-8(7)14-11/h1-4H,5-6H2,(H,20,21)(H,14,15,16). The number of benzene rings is 1. The van der Waals surface area contributed by atoms with Gasteiger partial charge in [0.05, 0.1) is 6.42 Å². The van der Waals surface area contributed by atoms with Gasteiger partial charge in [0.25, 0.3) is 5.78 Å². The molecule has 0 saturated heterocycles. The molecule has 0 aliphatic carbocycles. The summed E-state index contributed by atoms with van der Waals surface area (Å²) in [5, 5.41) is 22.8. The number of para-hydroxylation sites is 1. The Bertz CT molecular complexity index is 1010. The van der Waals surface area contributed by atoms with Crippen LogP contribution in [0.3, 0.4) is 0 Å². The van der Waals surface area contributed by atoms with Gasteiger partial charge in [-0.1, -0.05) is 30.0 Å². The summed E-state index contributed by atoms with van der Waals surface area (Å²) in [4.78, 5) is 18.2. The lowest BCUT2D eigenvalue weighted by molar-refractivity contribution is -0.136. The maximum atomic E-state index is 10.6. The first-order chi connectivity index (χ1) is 10.7. The number of hydrogen-bond donors (Lipinski definition) is 2. The van der Waals surface area contributed by atoms with E-state index < -0.39 is 5.97 Å². The molecule has 0 unspecified atom stereocenters. The summed E-state index contributed by atoms with van der Waals surface area (Å²) < 4.78 is 1.55. The van der Waals surface area contributed by atoms with E-state index in [2.05, 4.69) is 25.3 Å². The normalized spacial score (nSPS) is 11.6. The van der Waals surface area contributed by atoms with Crippen LogP contribution >= 0.6 is 11.8 Å². The number of carboxylic acids is 1. The Labute approximate surface area is 127 Å². The van der Waals surface area contributed by atoms with Crippen molar-refractivity contribution in [3.8, 4) is 0 Å². The average Bonchev–Trinajstić information content (AvgIpc) is 3.06. The Morgan fingerprint density at radius 3 is 3.05 bits per heavy atom. The lowest BCUT2D eigenvalue weighted by Crippen LogP contribution is -1.99. The fourth-order valence-electron chi connectivity index (χ4n) is 2.23. The lowest BCUT2D eigenvalue weighted by Gasteiger charge is -1.97. The fourth-order valence-corrected chi connectivity index (χ4v) is 3.03. The number of carbonyl (C=O) groups is 1. The van der Waals surface area contributed by atoms with Crippen molar-refractivity contribution < 1.29 is 9.90 Å². The monoisotopic (exact) mass is 314 g/mol. The molecule has 0 bridgehead atoms. The van der Waals surface area contributed by atoms with Crippen molar-refractivity contribution in [3.63, 3.8) is 0 Å². The van der Waals surface area contributed by atoms with Crippen LogP contribution in [0.1, 0.15) is 6.42 Å². The third-order valence-electron chi connectivity index (χ3n) is 3.21. The molecule has 0 spiro atoms. The number of aromatic amines is 1. The predicted molar refractivity (Wildman–Crippen MR) is 80.9 cm³/mol. The summed E-state index contributed by atoms with van der Waals surface area (Å²) in [5.41, 5.74) is 2.35. The molecule has 2 N–H and O–H groups in total. The highest BCUT2D eigenvalue weighted by atomic mass is 32.2. The molecule has 22 heavy (non-hydrogen) atoms. The minimum Gasteiger partial charge on any atom is -0.481 e. The highest BCUT2D eigenvalue weighted by molar-refractivity contribution is 7.99. The summed E-state index contributed by atoms with van der Waals surface area (Å²) in [7, 11) is 0. The molecule has 8 nitrogen and oxygen atoms in total. The number of thioether (sulfide) groups is 1. The molecular weight excluding hydrogens is 304 g/mol. The van der Waals surface area contributed by atoms with Gasteiger partial charge in [0.15, 0.2) is 5.65 Å². The molecule has 0 aliphatic heterocycles. The molecule has 0 atom stereocenters. The van der Waals surface area contributed by atoms with Gasteiger partial charge >= 0.3 is 5.97 Å². The molecule has 0 fully saturated rings. The van der Waals surface area contributed by atoms with Crippen molar-refractivity contribution in [2.45, 2.75) is 11.6 Å². The average molecular weight is 314 g/mol. The number of hydrogen-bond acceptors (Lipinski definition) is 6. The van der Waals surface area contributed by atoms with Crippen molar-refractivity contribution >= 4 is 45.6 Å². The molecule has 4 aromatic rings. The maximum absolute atomic E-state index is 10.6. The second kappa shape index (κ2) is 4.95. The van der Waals surface area contributed by atoms with Gasteiger partial charge in [0.1, 0.15) is 5.52 Å². The predicted octanol–water partition coefficient (Wildman–Crippen LogP) is 1.72. The van der Waals surface area contributed by atoms with E-state index in [0.29, 0.717) is 22.3 Å². The number of rotatable bonds is 4. The van der Waals surface area contributed by atoms with Crippen LogP contribution in [0.2, 0.25) is 0 Å². The van der Waals surface area contributed by atoms with Gasteiger partial charge in [-0.05, 0) is 6.07 Å². The SMILES string of the molecule is O=C(O)CCSc1nnc2nc3[nH]c4ccccc4c3nn12. The smallest absolute Gasteiger partial charge is 0.304 e. The van der Waals surface area contributed by atoms with Crippen LogP contribution in [-0.2, 0) is 4.79 Å². The number of H-pyrrole nitrogens is 1. The minimum atomic E-state index is -0.841. The van der Waals surface area contributed by atoms with Crippen molar-refractivity contribution in [3.05, 3.63) is 24.3 Å². The van der Waals surface area contributed by atoms with Crippen LogP contribution in [0, 0.1) is 0 Å². The molecule has 0 aliphatic rings. The number of carboxylic acid groups (broad SMARTS) is 1. The molecular formula is C13H10N6O2S. The summed E-state index contributed by atoms with van der Waals surface area (Å²) in [6, 6.07) is 7.81. The van der Waals surface area contributed by atoms with E-state index in [4.69, 9.17) is 5.11 Å². The zero-order valence-electron chi connectivity index (χ0n) is 11.2. The van der Waals surface area contributed by atoms with Crippen LogP contribution in [0.4, 0.5) is 0 Å². The Balaban J connectivity index is 1.83. The highest BCUT2D eigenvalue weighted by Gasteiger charge is 2.13. The minimum absolute atomic E-state index is 0.0579. The first-order valence-corrected chi connectivity index (χ1v) is 7.55. The third-order valence-corrected chi connectivity index (χ3v) is 4.14. The molecule has 0 amide bonds. The van der Waals surface area contributed by atoms with E-state index >= 15 is 0 Å². The quantitative estimate of drug-likeness (QED) is 0.552. The van der Waals surface area contributed by atoms with E-state index in [9.17, 15) is 4.79 Å². The first-order valence-electron chi connectivity index (χ1n) is 6.57. The first kappa shape index (κ1) is 13.0. The third kappa shape index (κ3) is 2.06. The van der Waals surface area contributed by atoms with Crippen LogP contribution in [0.5, 0.6) is 0 Å². The van der Waals surface area contributed by atoms with Crippen molar-refractivity contribution in [1.82, 2.24) is 29.8 Å². The molecule has 3 heterocycles. The second-order valence-corrected chi connectivity index (χ2v) is 5.73. The number of aliphatic carboxylic acids is 1. The van der Waals surface area contributed by atoms with Gasteiger partial charge in [-0.25, -0.2) is 0 Å². The molecule has 110 valence electrons. The summed E-state index contributed by atoms with van der Waals surface area (Å²) in [5.74, 6) is -0.0488. The fraction of sp³-hybridized carbons (Fsp3) is 0.154. The topological polar surface area (TPSA) is 109 Å². The molecule has 0 radical (unpaired) electrons. The number of nitrogens with zero attached hydrogens (tertiary/aromatic N) is 5. The van der Waals surface area contributed by atoms with Gasteiger partial charge in [-0.2, -0.15) is 14.6 Å². The lowest BCUT2D eigenvalue weighted by atomic mass is 10.2. The van der Waals surface area contributed by atoms with Crippen molar-refractivity contribution in [2.24, 2.45) is 0 Å². The summed E-state index contributed by atoms with van der Waals surface area (Å²) >= 11 is 1.30. The van der Waals surface area contributed by atoms with E-state index in [-0.39, 0.29) is 6.42 Å². The summed E-state index contributed by atoms with van der Waals surface area (Å²) in [6.07, 6.45) is 0.0579. The number of fused-ring (bicyclic) bond motifs is 4. The largest absolute Gasteiger partial charge is 0.481 e. The van der Waals surface area contributed by atoms with Gasteiger partial charge in [0.2, 0.25) is 5.16 Å². The van der Waals surface area contributed by atoms with Gasteiger partial charge < -0.3 is 10.1 Å². The summed E-state index contributed by atoms with van der Waals surface area (Å²) in [6.45, 7) is 0. The zero-order chi connectivity index (χ0) is 15.1. The second-order valence-electron chi connectivity index (χ2n) is 4.67. The molecule has 0 saturated carbocycles. The molecule has 9 heteroatoms. The van der Waals surface area contributed by atoms with Crippen LogP contribution < -0.4 is 0 Å².